The van der Waals surface area contributed by atoms with Crippen molar-refractivity contribution in [3.8, 4) is 6.07 Å². The summed E-state index contributed by atoms with van der Waals surface area (Å²) >= 11 is 0. The molecule has 0 spiro atoms. The van der Waals surface area contributed by atoms with Crippen LogP contribution in [0, 0.1) is 11.3 Å². The van der Waals surface area contributed by atoms with Crippen molar-refractivity contribution in [2.45, 2.75) is 84.1 Å². The number of amidine groups is 1. The predicted molar refractivity (Wildman–Crippen MR) is 84.5 cm³/mol. The summed E-state index contributed by atoms with van der Waals surface area (Å²) in [6, 6.07) is 2.28. The van der Waals surface area contributed by atoms with Crippen LogP contribution in [-0.4, -0.2) is 11.9 Å². The molecular weight excluding hydrogens is 246 g/mol. The first kappa shape index (κ1) is 16.9. The van der Waals surface area contributed by atoms with E-state index in [4.69, 9.17) is 5.26 Å². The second-order valence-electron chi connectivity index (χ2n) is 5.78. The molecule has 20 heavy (non-hydrogen) atoms. The first-order valence-corrected chi connectivity index (χ1v) is 8.29. The highest BCUT2D eigenvalue weighted by atomic mass is 15.2. The van der Waals surface area contributed by atoms with Crippen molar-refractivity contribution in [1.29, 1.82) is 5.26 Å². The van der Waals surface area contributed by atoms with E-state index in [1.165, 1.54) is 57.8 Å². The Morgan fingerprint density at radius 2 is 1.70 bits per heavy atom. The van der Waals surface area contributed by atoms with Gasteiger partial charge in [-0.25, -0.2) is 9.89 Å². The Bertz CT molecular complexity index is 352. The van der Waals surface area contributed by atoms with Crippen molar-refractivity contribution >= 4 is 5.84 Å². The molecule has 1 aliphatic heterocycles. The molecule has 0 fully saturated rings. The van der Waals surface area contributed by atoms with Crippen LogP contribution in [0.5, 0.6) is 0 Å². The van der Waals surface area contributed by atoms with Crippen molar-refractivity contribution in [3.05, 3.63) is 12.4 Å². The number of aliphatic imine (C=N–C) groups is 1. The molecule has 0 bridgehead atoms. The largest absolute Gasteiger partial charge is 0.248 e. The quantitative estimate of drug-likeness (QED) is 0.576. The molecule has 0 aliphatic carbocycles. The number of nitriles is 1. The van der Waals surface area contributed by atoms with Gasteiger partial charge >= 0.3 is 0 Å². The average Bonchev–Trinajstić information content (AvgIpc) is 2.93. The molecule has 0 aromatic heterocycles. The molecule has 3 heteroatoms. The molecule has 3 nitrogen and oxygen atoms in total. The number of quaternary nitrogens is 1. The van der Waals surface area contributed by atoms with E-state index in [1.54, 1.807) is 0 Å². The van der Waals surface area contributed by atoms with E-state index in [-0.39, 0.29) is 6.04 Å². The number of nitrogens with one attached hydrogen (secondary N) is 1. The normalized spacial score (nSPS) is 18.9. The van der Waals surface area contributed by atoms with E-state index < -0.39 is 0 Å². The fourth-order valence-corrected chi connectivity index (χ4v) is 2.65. The predicted octanol–water partition coefficient (Wildman–Crippen LogP) is 3.59. The summed E-state index contributed by atoms with van der Waals surface area (Å²) in [6.45, 7) is 4.22. The van der Waals surface area contributed by atoms with Crippen LogP contribution in [0.2, 0.25) is 0 Å². The van der Waals surface area contributed by atoms with Gasteiger partial charge in [-0.3, -0.25) is 0 Å². The standard InChI is InChI=1S/C17H29N3/c1-3-4-5-6-7-8-9-10-11-12-17-19-13-14-20(17)16(2)15-18/h13-14,16H,3-12H2,1-2H3/p+1. The zero-order valence-corrected chi connectivity index (χ0v) is 13.2. The van der Waals surface area contributed by atoms with Crippen LogP contribution in [0.25, 0.3) is 0 Å². The van der Waals surface area contributed by atoms with E-state index in [9.17, 15) is 0 Å². The number of unbranched alkanes of at least 4 members (excludes halogenated alkanes) is 8. The lowest BCUT2D eigenvalue weighted by Gasteiger charge is -2.14. The van der Waals surface area contributed by atoms with Crippen molar-refractivity contribution < 1.29 is 4.90 Å². The highest BCUT2D eigenvalue weighted by molar-refractivity contribution is 5.76. The van der Waals surface area contributed by atoms with Gasteiger partial charge in [-0.15, -0.1) is 0 Å². The highest BCUT2D eigenvalue weighted by Crippen LogP contribution is 2.10. The van der Waals surface area contributed by atoms with Crippen molar-refractivity contribution in [2.75, 3.05) is 0 Å². The van der Waals surface area contributed by atoms with E-state index >= 15 is 0 Å². The molecule has 1 rings (SSSR count). The third-order valence-electron chi connectivity index (χ3n) is 3.99. The van der Waals surface area contributed by atoms with Crippen molar-refractivity contribution in [1.82, 2.24) is 0 Å². The van der Waals surface area contributed by atoms with Gasteiger partial charge in [0.25, 0.3) is 0 Å². The number of hydrogen-bond donors (Lipinski definition) is 1. The minimum atomic E-state index is -0.0222. The second-order valence-corrected chi connectivity index (χ2v) is 5.78. The molecule has 1 N–H and O–H groups in total. The summed E-state index contributed by atoms with van der Waals surface area (Å²) in [4.78, 5) is 5.53. The summed E-state index contributed by atoms with van der Waals surface area (Å²) in [7, 11) is 0. The summed E-state index contributed by atoms with van der Waals surface area (Å²) in [5.41, 5.74) is 0. The Balaban J connectivity index is 2.01. The number of nitrogens with zero attached hydrogens (tertiary/aromatic N) is 2. The third-order valence-corrected chi connectivity index (χ3v) is 3.99. The van der Waals surface area contributed by atoms with E-state index in [1.807, 2.05) is 19.3 Å². The van der Waals surface area contributed by atoms with Crippen LogP contribution in [-0.2, 0) is 0 Å². The minimum absolute atomic E-state index is 0.0222. The van der Waals surface area contributed by atoms with Crippen LogP contribution in [0.1, 0.15) is 78.1 Å². The monoisotopic (exact) mass is 276 g/mol. The maximum absolute atomic E-state index is 8.98. The molecule has 1 heterocycles. The Morgan fingerprint density at radius 1 is 1.10 bits per heavy atom. The summed E-state index contributed by atoms with van der Waals surface area (Å²) < 4.78 is 0. The molecule has 2 unspecified atom stereocenters. The molecule has 0 aromatic rings. The minimum Gasteiger partial charge on any atom is -0.248 e. The summed E-state index contributed by atoms with van der Waals surface area (Å²) in [5, 5.41) is 8.98. The SMILES string of the molecule is CCCCCCCCCCCC1=NC=C[NH+]1C(C)C#N. The molecule has 2 atom stereocenters. The Morgan fingerprint density at radius 3 is 2.30 bits per heavy atom. The van der Waals surface area contributed by atoms with Crippen LogP contribution >= 0.6 is 0 Å². The van der Waals surface area contributed by atoms with Crippen LogP contribution in [0.3, 0.4) is 0 Å². The van der Waals surface area contributed by atoms with E-state index in [2.05, 4.69) is 18.0 Å². The zero-order chi connectivity index (χ0) is 14.6. The van der Waals surface area contributed by atoms with Gasteiger partial charge < -0.3 is 0 Å². The molecule has 0 saturated heterocycles. The fraction of sp³-hybridized carbons (Fsp3) is 0.765. The van der Waals surface area contributed by atoms with E-state index in [0.717, 1.165) is 17.2 Å². The van der Waals surface area contributed by atoms with Crippen LogP contribution in [0.15, 0.2) is 17.4 Å². The maximum Gasteiger partial charge on any atom is 0.206 e. The van der Waals surface area contributed by atoms with Gasteiger partial charge in [-0.1, -0.05) is 58.3 Å². The lowest BCUT2D eigenvalue weighted by atomic mass is 10.1. The summed E-state index contributed by atoms with van der Waals surface area (Å²) in [6.07, 6.45) is 17.0. The number of rotatable bonds is 11. The molecule has 0 amide bonds. The van der Waals surface area contributed by atoms with Gasteiger partial charge in [0.15, 0.2) is 6.04 Å². The molecule has 0 aromatic carbocycles. The first-order valence-electron chi connectivity index (χ1n) is 8.29. The molecule has 0 radical (unpaired) electrons. The first-order chi connectivity index (χ1) is 9.79. The zero-order valence-electron chi connectivity index (χ0n) is 13.2. The lowest BCUT2D eigenvalue weighted by molar-refractivity contribution is -0.764. The molecule has 1 aliphatic rings. The molecular formula is C17H30N3+. The van der Waals surface area contributed by atoms with Gasteiger partial charge in [0, 0.05) is 13.3 Å². The van der Waals surface area contributed by atoms with Gasteiger partial charge in [-0.2, -0.15) is 5.26 Å². The van der Waals surface area contributed by atoms with Gasteiger partial charge in [-0.05, 0) is 6.42 Å². The Hall–Kier alpha value is -1.14. The summed E-state index contributed by atoms with van der Waals surface area (Å²) in [5.74, 6) is 1.14. The Kier molecular flexibility index (Phi) is 8.98. The van der Waals surface area contributed by atoms with Crippen molar-refractivity contribution in [2.24, 2.45) is 4.99 Å². The molecule has 0 saturated carbocycles. The average molecular weight is 276 g/mol. The number of hydrogen-bond acceptors (Lipinski definition) is 2. The van der Waals surface area contributed by atoms with Gasteiger partial charge in [0.1, 0.15) is 12.3 Å². The third kappa shape index (κ3) is 6.34. The highest BCUT2D eigenvalue weighted by Gasteiger charge is 2.23. The van der Waals surface area contributed by atoms with E-state index in [0.29, 0.717) is 0 Å². The van der Waals surface area contributed by atoms with Crippen LogP contribution in [0.4, 0.5) is 0 Å². The maximum atomic E-state index is 8.98. The lowest BCUT2D eigenvalue weighted by Crippen LogP contribution is -3.12. The second kappa shape index (κ2) is 10.6. The van der Waals surface area contributed by atoms with Gasteiger partial charge in [0.2, 0.25) is 5.84 Å². The fourth-order valence-electron chi connectivity index (χ4n) is 2.65. The van der Waals surface area contributed by atoms with Crippen LogP contribution < -0.4 is 4.90 Å². The van der Waals surface area contributed by atoms with Gasteiger partial charge in [0.05, 0.1) is 6.20 Å². The van der Waals surface area contributed by atoms with Crippen molar-refractivity contribution in [3.63, 3.8) is 0 Å². The molecule has 112 valence electrons. The topological polar surface area (TPSA) is 40.6 Å². The Labute approximate surface area is 124 Å². The smallest absolute Gasteiger partial charge is 0.206 e.